The van der Waals surface area contributed by atoms with Gasteiger partial charge in [-0.3, -0.25) is 47.9 Å². The van der Waals surface area contributed by atoms with Gasteiger partial charge in [-0.25, -0.2) is 19.6 Å². The van der Waals surface area contributed by atoms with Gasteiger partial charge in [0, 0.05) is 111 Å². The smallest absolute Gasteiger partial charge is 0.355 e. The molecule has 0 spiro atoms. The molecule has 23 nitrogen and oxygen atoms in total. The number of carbonyl (C=O) groups is 10. The predicted octanol–water partition coefficient (Wildman–Crippen LogP) is 7.83. The number of ether oxygens (including phenoxy) is 5. The van der Waals surface area contributed by atoms with Crippen molar-refractivity contribution in [2.24, 2.45) is 17.8 Å². The van der Waals surface area contributed by atoms with Crippen molar-refractivity contribution in [3.05, 3.63) is 127 Å². The summed E-state index contributed by atoms with van der Waals surface area (Å²) in [5, 5.41) is 7.15. The maximum Gasteiger partial charge on any atom is 0.355 e. The van der Waals surface area contributed by atoms with Crippen LogP contribution in [0.4, 0.5) is 0 Å². The average molecular weight is 1360 g/mol. The number of hydrogen-bond acceptors (Lipinski definition) is 21. The molecule has 4 aliphatic heterocycles. The monoisotopic (exact) mass is 1360 g/mol. The summed E-state index contributed by atoms with van der Waals surface area (Å²) < 4.78 is 31.5. The molecular formula is C72H78N6O17S2. The van der Waals surface area contributed by atoms with Crippen molar-refractivity contribution in [1.82, 2.24) is 29.7 Å². The number of aromatic nitrogens is 4. The number of para-hydroxylation sites is 2. The third-order valence-corrected chi connectivity index (χ3v) is 22.6. The number of nitrogens with zero attached hydrogens (tertiary/aromatic N) is 4. The number of nitrogens with one attached hydrogen (secondary N) is 2. The number of cyclic esters (lactones) is 2. The first kappa shape index (κ1) is 69.7. The second-order valence-corrected chi connectivity index (χ2v) is 27.9. The largest absolute Gasteiger partial charge is 0.457 e. The molecule has 2 aromatic carbocycles. The lowest BCUT2D eigenvalue weighted by Gasteiger charge is -2.37. The highest BCUT2D eigenvalue weighted by atomic mass is 32.2. The minimum Gasteiger partial charge on any atom is -0.457 e. The van der Waals surface area contributed by atoms with Gasteiger partial charge in [0.2, 0.25) is 23.0 Å². The van der Waals surface area contributed by atoms with Gasteiger partial charge in [-0.05, 0) is 81.8 Å². The molecule has 510 valence electrons. The fourth-order valence-corrected chi connectivity index (χ4v) is 16.9. The van der Waals surface area contributed by atoms with Crippen LogP contribution < -0.4 is 21.8 Å². The Morgan fingerprint density at radius 2 is 1.12 bits per heavy atom. The fourth-order valence-electron chi connectivity index (χ4n) is 13.4. The maximum absolute atomic E-state index is 14.5. The Kier molecular flexibility index (Phi) is 21.5. The summed E-state index contributed by atoms with van der Waals surface area (Å²) in [5.74, 6) is -7.16. The number of esters is 4. The molecule has 97 heavy (non-hydrogen) atoms. The minimum absolute atomic E-state index is 0.000563. The summed E-state index contributed by atoms with van der Waals surface area (Å²) in [6, 6.07) is 22.2. The van der Waals surface area contributed by atoms with Crippen molar-refractivity contribution in [2.45, 2.75) is 160 Å². The number of ketones is 4. The molecule has 2 amide bonds. The molecule has 0 bridgehead atoms. The van der Waals surface area contributed by atoms with E-state index in [1.54, 1.807) is 65.6 Å². The fraction of sp³-hybridized carbons (Fsp3) is 0.472. The van der Waals surface area contributed by atoms with Crippen molar-refractivity contribution in [3.8, 4) is 22.8 Å². The van der Waals surface area contributed by atoms with E-state index >= 15 is 0 Å². The molecule has 2 N–H and O–H groups in total. The van der Waals surface area contributed by atoms with Crippen LogP contribution in [0.1, 0.15) is 145 Å². The van der Waals surface area contributed by atoms with Crippen LogP contribution in [0.5, 0.6) is 0 Å². The lowest BCUT2D eigenvalue weighted by Crippen LogP contribution is -2.49. The normalized spacial score (nSPS) is 19.5. The van der Waals surface area contributed by atoms with Gasteiger partial charge >= 0.3 is 23.9 Å². The first-order valence-corrected chi connectivity index (χ1v) is 35.3. The van der Waals surface area contributed by atoms with Gasteiger partial charge < -0.3 is 43.5 Å². The first-order valence-electron chi connectivity index (χ1n) is 33.2. The van der Waals surface area contributed by atoms with E-state index in [4.69, 9.17) is 33.7 Å². The van der Waals surface area contributed by atoms with Crippen molar-refractivity contribution in [2.75, 3.05) is 37.8 Å². The van der Waals surface area contributed by atoms with Gasteiger partial charge in [0.25, 0.3) is 11.1 Å². The van der Waals surface area contributed by atoms with Crippen LogP contribution in [0.3, 0.4) is 0 Å². The molecular weight excluding hydrogens is 1280 g/mol. The summed E-state index contributed by atoms with van der Waals surface area (Å²) in [7, 11) is 0. The predicted molar refractivity (Wildman–Crippen MR) is 360 cm³/mol. The average Bonchev–Trinajstić information content (AvgIpc) is 1.70. The van der Waals surface area contributed by atoms with Crippen molar-refractivity contribution in [3.63, 3.8) is 0 Å². The molecule has 25 heteroatoms. The number of thioether (sulfide) groups is 2. The number of amides is 2. The van der Waals surface area contributed by atoms with Gasteiger partial charge in [-0.2, -0.15) is 23.5 Å². The highest BCUT2D eigenvalue weighted by Gasteiger charge is 2.52. The minimum atomic E-state index is -2.10. The zero-order valence-corrected chi connectivity index (χ0v) is 56.5. The summed E-state index contributed by atoms with van der Waals surface area (Å²) in [4.78, 5) is 174. The molecule has 6 aromatic rings. The lowest BCUT2D eigenvalue weighted by atomic mass is 9.85. The van der Waals surface area contributed by atoms with Crippen molar-refractivity contribution >= 4 is 104 Å². The van der Waals surface area contributed by atoms with Crippen LogP contribution >= 0.6 is 23.5 Å². The van der Waals surface area contributed by atoms with Gasteiger partial charge in [0.15, 0.2) is 0 Å². The lowest BCUT2D eigenvalue weighted by molar-refractivity contribution is -0.189. The van der Waals surface area contributed by atoms with E-state index in [2.05, 4.69) is 10.6 Å². The van der Waals surface area contributed by atoms with E-state index < -0.39 is 95.3 Å². The molecule has 11 rings (SSSR count). The van der Waals surface area contributed by atoms with Crippen LogP contribution in [-0.4, -0.2) is 126 Å². The van der Waals surface area contributed by atoms with Crippen LogP contribution in [0, 0.1) is 17.8 Å². The van der Waals surface area contributed by atoms with E-state index in [-0.39, 0.29) is 147 Å². The summed E-state index contributed by atoms with van der Waals surface area (Å²) in [6.45, 7) is 6.88. The topological polar surface area (TPSA) is 311 Å². The van der Waals surface area contributed by atoms with Gasteiger partial charge in [0.1, 0.15) is 49.4 Å². The number of benzene rings is 2. The van der Waals surface area contributed by atoms with E-state index in [9.17, 15) is 57.5 Å². The number of Topliss-reactive ketones (excluding diaryl/α,β-unsaturated/α-hetero) is 4. The molecule has 1 fully saturated rings. The van der Waals surface area contributed by atoms with Gasteiger partial charge in [-0.1, -0.05) is 64.1 Å². The maximum atomic E-state index is 14.5. The second-order valence-electron chi connectivity index (χ2n) is 25.4. The molecule has 1 saturated carbocycles. The number of hydrogen-bond donors (Lipinski definition) is 2. The van der Waals surface area contributed by atoms with Crippen LogP contribution in [0.15, 0.2) is 82.4 Å². The molecule has 5 aliphatic rings. The quantitative estimate of drug-likeness (QED) is 0.0230. The Morgan fingerprint density at radius 3 is 1.62 bits per heavy atom. The first-order chi connectivity index (χ1) is 46.7. The van der Waals surface area contributed by atoms with E-state index in [1.165, 1.54) is 6.92 Å². The Labute approximate surface area is 567 Å². The molecule has 0 radical (unpaired) electrons. The highest BCUT2D eigenvalue weighted by molar-refractivity contribution is 8.04. The third-order valence-electron chi connectivity index (χ3n) is 19.2. The summed E-state index contributed by atoms with van der Waals surface area (Å²) >= 11 is 3.27. The third kappa shape index (κ3) is 14.5. The molecule has 0 saturated heterocycles. The van der Waals surface area contributed by atoms with Crippen LogP contribution in [-0.2, 0) is 109 Å². The Hall–Kier alpha value is -8.68. The number of rotatable bonds is 32. The number of fused-ring (bicyclic) bond motifs is 10. The molecule has 7 atom stereocenters. The number of carbonyl (C=O) groups excluding carboxylic acids is 10. The molecule has 8 heterocycles. The van der Waals surface area contributed by atoms with E-state index in [0.717, 1.165) is 34.7 Å². The molecule has 1 aliphatic carbocycles. The standard InChI is InChI=1S/C72H78N6O17S2/c1-6-41(38-96-59-19-20-60(59)97-39-47(57(81)7-2)28-48(80)23-25-91-24-22-40(5)79)58(82)29-44(66(86)74-33-63(85)95-72(9-4)52-31-56-65-46(27-43-15-11-13-17-54(43)76-65)35-78(56)68(88)50(52)37-93-70(72)90)18-21-61(83)73-32-62(84)94-71(8-3)51-30-55-64-45(26-42-14-10-12-16-53(42)75-64)34-77(55)67(87)49(51)36-92-69(71)89/h10-17,26-27,30-31,41,44,47,59-60H,6-9,18-25,28-29,32-39H2,1-5H3,(H,73,83)(H,74,86)/t41?,44?,47?,59?,60?,71-,72-/m0/s1. The number of pyridine rings is 4. The van der Waals surface area contributed by atoms with Gasteiger partial charge in [0.05, 0.1) is 71.2 Å². The van der Waals surface area contributed by atoms with Crippen molar-refractivity contribution in [1.29, 1.82) is 0 Å². The second kappa shape index (κ2) is 30.0. The van der Waals surface area contributed by atoms with E-state index in [1.807, 2.05) is 67.6 Å². The Morgan fingerprint density at radius 1 is 0.619 bits per heavy atom. The zero-order chi connectivity index (χ0) is 68.9. The van der Waals surface area contributed by atoms with Gasteiger partial charge in [-0.15, -0.1) is 0 Å². The molecule has 5 unspecified atom stereocenters. The highest BCUT2D eigenvalue weighted by Crippen LogP contribution is 2.45. The Balaban J connectivity index is 0.758. The molecule has 4 aromatic heterocycles. The Bertz CT molecular complexity index is 4320. The van der Waals surface area contributed by atoms with Crippen LogP contribution in [0.2, 0.25) is 0 Å². The zero-order valence-electron chi connectivity index (χ0n) is 54.9. The van der Waals surface area contributed by atoms with Crippen molar-refractivity contribution < 1.29 is 71.6 Å². The summed E-state index contributed by atoms with van der Waals surface area (Å²) in [6.07, 6.45) is 1.67. The van der Waals surface area contributed by atoms with Crippen LogP contribution in [0.25, 0.3) is 44.6 Å². The van der Waals surface area contributed by atoms with E-state index in [0.29, 0.717) is 51.7 Å². The SMILES string of the molecule is CCC(=O)C(CSC1CCC1SCC(CC)C(=O)CC(CCC(=O)NCC(=O)O[C@]1(CC)C(=O)OCc2c1cc1n(c2=O)Cc2cc3ccccc3nc2-1)C(=O)NCC(=O)O[C@]1(CC)C(=O)OCc2c1cc1n(c2=O)Cc2cc3ccccc3nc2-1)CC(=O)CCOCCC(C)=O. The summed E-state index contributed by atoms with van der Waals surface area (Å²) in [5.41, 5.74) is 0.385.